The van der Waals surface area contributed by atoms with Gasteiger partial charge in [0.25, 0.3) is 5.56 Å². The van der Waals surface area contributed by atoms with Gasteiger partial charge in [0.1, 0.15) is 17.7 Å². The second-order valence-corrected chi connectivity index (χ2v) is 5.69. The number of hydrogen-bond acceptors (Lipinski definition) is 3. The number of carbonyl (C=O) groups excluding carboxylic acids is 1. The maximum Gasteiger partial charge on any atom is 0.311 e. The van der Waals surface area contributed by atoms with E-state index in [0.717, 1.165) is 23.6 Å². The summed E-state index contributed by atoms with van der Waals surface area (Å²) in [6.07, 6.45) is -1.23. The molecule has 6 heteroatoms. The van der Waals surface area contributed by atoms with Gasteiger partial charge in [-0.2, -0.15) is 0 Å². The van der Waals surface area contributed by atoms with Gasteiger partial charge in [0, 0.05) is 16.6 Å². The highest BCUT2D eigenvalue weighted by Gasteiger charge is 2.18. The summed E-state index contributed by atoms with van der Waals surface area (Å²) in [5.74, 6) is -1.98. The van der Waals surface area contributed by atoms with E-state index in [2.05, 4.69) is 4.98 Å². The van der Waals surface area contributed by atoms with E-state index in [9.17, 15) is 18.4 Å². The van der Waals surface area contributed by atoms with Crippen molar-refractivity contribution >= 4 is 16.9 Å². The Bertz CT molecular complexity index is 997. The zero-order valence-electron chi connectivity index (χ0n) is 13.4. The van der Waals surface area contributed by atoms with Gasteiger partial charge in [-0.25, -0.2) is 8.78 Å². The molecule has 1 atom stereocenters. The zero-order valence-corrected chi connectivity index (χ0v) is 13.4. The Morgan fingerprint density at radius 2 is 1.92 bits per heavy atom. The summed E-state index contributed by atoms with van der Waals surface area (Å²) < 4.78 is 32.1. The lowest BCUT2D eigenvalue weighted by atomic mass is 10.1. The van der Waals surface area contributed by atoms with E-state index >= 15 is 0 Å². The summed E-state index contributed by atoms with van der Waals surface area (Å²) in [6, 6.07) is 11.7. The Labute approximate surface area is 142 Å². The van der Waals surface area contributed by atoms with Crippen molar-refractivity contribution < 1.29 is 18.3 Å². The number of para-hydroxylation sites is 1. The molecule has 128 valence electrons. The van der Waals surface area contributed by atoms with Crippen molar-refractivity contribution in [3.05, 3.63) is 81.6 Å². The maximum atomic E-state index is 13.7. The van der Waals surface area contributed by atoms with Gasteiger partial charge in [0.05, 0.1) is 6.42 Å². The van der Waals surface area contributed by atoms with Crippen LogP contribution in [0.5, 0.6) is 0 Å². The van der Waals surface area contributed by atoms with Crippen LogP contribution in [0.1, 0.15) is 24.2 Å². The summed E-state index contributed by atoms with van der Waals surface area (Å²) >= 11 is 0. The minimum atomic E-state index is -0.970. The highest BCUT2D eigenvalue weighted by atomic mass is 19.1. The molecule has 0 saturated carbocycles. The van der Waals surface area contributed by atoms with Crippen LogP contribution in [0.25, 0.3) is 10.9 Å². The number of fused-ring (bicyclic) bond motifs is 1. The number of rotatable bonds is 4. The number of aromatic nitrogens is 1. The number of halogens is 2. The zero-order chi connectivity index (χ0) is 18.0. The number of pyridine rings is 1. The van der Waals surface area contributed by atoms with Crippen molar-refractivity contribution in [2.75, 3.05) is 0 Å². The van der Waals surface area contributed by atoms with Gasteiger partial charge >= 0.3 is 5.97 Å². The average Bonchev–Trinajstić information content (AvgIpc) is 2.57. The van der Waals surface area contributed by atoms with Crippen LogP contribution in [0.2, 0.25) is 0 Å². The van der Waals surface area contributed by atoms with Crippen molar-refractivity contribution in [2.45, 2.75) is 19.4 Å². The number of benzene rings is 2. The SMILES string of the molecule is C[C@@H](OC(=O)Cc1cc2ccccc2[nH]c1=O)c1cc(F)ccc1F. The third-order valence-electron chi connectivity index (χ3n) is 3.87. The minimum Gasteiger partial charge on any atom is -0.457 e. The summed E-state index contributed by atoms with van der Waals surface area (Å²) in [6.45, 7) is 1.44. The van der Waals surface area contributed by atoms with Crippen LogP contribution < -0.4 is 5.56 Å². The number of H-pyrrole nitrogens is 1. The highest BCUT2D eigenvalue weighted by molar-refractivity contribution is 5.80. The summed E-state index contributed by atoms with van der Waals surface area (Å²) in [5, 5.41) is 0.786. The molecule has 0 fully saturated rings. The van der Waals surface area contributed by atoms with Crippen LogP contribution in [0.15, 0.2) is 53.3 Å². The molecule has 2 aromatic carbocycles. The number of aromatic amines is 1. The third kappa shape index (κ3) is 3.74. The van der Waals surface area contributed by atoms with Crippen LogP contribution in [-0.4, -0.2) is 11.0 Å². The fourth-order valence-electron chi connectivity index (χ4n) is 2.61. The highest BCUT2D eigenvalue weighted by Crippen LogP contribution is 2.22. The molecule has 0 radical (unpaired) electrons. The fraction of sp³-hybridized carbons (Fsp3) is 0.158. The van der Waals surface area contributed by atoms with Gasteiger partial charge in [-0.05, 0) is 42.6 Å². The van der Waals surface area contributed by atoms with Gasteiger partial charge in [0.15, 0.2) is 0 Å². The number of esters is 1. The summed E-state index contributed by atoms with van der Waals surface area (Å²) in [5.41, 5.74) is 0.469. The third-order valence-corrected chi connectivity index (χ3v) is 3.87. The predicted octanol–water partition coefficient (Wildman–Crippen LogP) is 3.65. The predicted molar refractivity (Wildman–Crippen MR) is 89.1 cm³/mol. The molecule has 0 spiro atoms. The lowest BCUT2D eigenvalue weighted by Crippen LogP contribution is -2.19. The lowest BCUT2D eigenvalue weighted by Gasteiger charge is -2.14. The topological polar surface area (TPSA) is 59.2 Å². The minimum absolute atomic E-state index is 0.0548. The molecular formula is C19H15F2NO3. The Morgan fingerprint density at radius 1 is 1.16 bits per heavy atom. The van der Waals surface area contributed by atoms with Crippen LogP contribution in [-0.2, 0) is 16.0 Å². The molecule has 0 aliphatic carbocycles. The van der Waals surface area contributed by atoms with Crippen LogP contribution in [0.3, 0.4) is 0 Å². The van der Waals surface area contributed by atoms with E-state index in [-0.39, 0.29) is 23.1 Å². The summed E-state index contributed by atoms with van der Waals surface area (Å²) in [4.78, 5) is 26.8. The van der Waals surface area contributed by atoms with Gasteiger partial charge in [-0.1, -0.05) is 18.2 Å². The number of nitrogens with one attached hydrogen (secondary N) is 1. The molecule has 0 aliphatic heterocycles. The Kier molecular flexibility index (Phi) is 4.61. The first kappa shape index (κ1) is 16.8. The van der Waals surface area contributed by atoms with E-state index in [1.807, 2.05) is 12.1 Å². The molecular weight excluding hydrogens is 328 g/mol. The normalized spacial score (nSPS) is 12.1. The monoisotopic (exact) mass is 343 g/mol. The summed E-state index contributed by atoms with van der Waals surface area (Å²) in [7, 11) is 0. The molecule has 0 unspecified atom stereocenters. The largest absolute Gasteiger partial charge is 0.457 e. The van der Waals surface area contributed by atoms with E-state index in [4.69, 9.17) is 4.74 Å². The van der Waals surface area contributed by atoms with Crippen LogP contribution in [0.4, 0.5) is 8.78 Å². The molecule has 25 heavy (non-hydrogen) atoms. The molecule has 0 bridgehead atoms. The van der Waals surface area contributed by atoms with Crippen molar-refractivity contribution in [1.29, 1.82) is 0 Å². The Morgan fingerprint density at radius 3 is 2.72 bits per heavy atom. The fourth-order valence-corrected chi connectivity index (χ4v) is 2.61. The van der Waals surface area contributed by atoms with E-state index in [1.54, 1.807) is 18.2 Å². The van der Waals surface area contributed by atoms with Gasteiger partial charge in [-0.3, -0.25) is 9.59 Å². The standard InChI is InChI=1S/C19H15F2NO3/c1-11(15-10-14(20)6-7-16(15)21)25-18(23)9-13-8-12-4-2-3-5-17(12)22-19(13)24/h2-8,10-11H,9H2,1H3,(H,22,24)/t11-/m1/s1. The number of carbonyl (C=O) groups is 1. The van der Waals surface area contributed by atoms with Crippen molar-refractivity contribution in [3.8, 4) is 0 Å². The first-order valence-electron chi connectivity index (χ1n) is 7.69. The van der Waals surface area contributed by atoms with E-state index in [0.29, 0.717) is 5.52 Å². The molecule has 0 saturated heterocycles. The second-order valence-electron chi connectivity index (χ2n) is 5.69. The first-order chi connectivity index (χ1) is 11.9. The Hall–Kier alpha value is -3.02. The smallest absolute Gasteiger partial charge is 0.311 e. The maximum absolute atomic E-state index is 13.7. The van der Waals surface area contributed by atoms with E-state index in [1.165, 1.54) is 6.92 Å². The lowest BCUT2D eigenvalue weighted by molar-refractivity contribution is -0.147. The molecule has 1 aromatic heterocycles. The first-order valence-corrected chi connectivity index (χ1v) is 7.69. The molecule has 3 aromatic rings. The van der Waals surface area contributed by atoms with E-state index < -0.39 is 23.7 Å². The molecule has 3 rings (SSSR count). The molecule has 4 nitrogen and oxygen atoms in total. The van der Waals surface area contributed by atoms with Gasteiger partial charge in [-0.15, -0.1) is 0 Å². The van der Waals surface area contributed by atoms with Gasteiger partial charge < -0.3 is 9.72 Å². The molecule has 0 aliphatic rings. The van der Waals surface area contributed by atoms with Crippen molar-refractivity contribution in [3.63, 3.8) is 0 Å². The van der Waals surface area contributed by atoms with Crippen LogP contribution in [0, 0.1) is 11.6 Å². The van der Waals surface area contributed by atoms with Crippen molar-refractivity contribution in [1.82, 2.24) is 4.98 Å². The average molecular weight is 343 g/mol. The number of hydrogen-bond donors (Lipinski definition) is 1. The number of ether oxygens (including phenoxy) is 1. The Balaban J connectivity index is 1.77. The molecule has 1 heterocycles. The molecule has 0 amide bonds. The van der Waals surface area contributed by atoms with Crippen molar-refractivity contribution in [2.24, 2.45) is 0 Å². The van der Waals surface area contributed by atoms with Gasteiger partial charge in [0.2, 0.25) is 0 Å². The second kappa shape index (κ2) is 6.84. The van der Waals surface area contributed by atoms with Crippen LogP contribution >= 0.6 is 0 Å². The molecule has 1 N–H and O–H groups in total. The quantitative estimate of drug-likeness (QED) is 0.736.